The van der Waals surface area contributed by atoms with Gasteiger partial charge in [0.15, 0.2) is 0 Å². The van der Waals surface area contributed by atoms with Crippen LogP contribution in [0.25, 0.3) is 22.1 Å². The van der Waals surface area contributed by atoms with E-state index >= 15 is 0 Å². The summed E-state index contributed by atoms with van der Waals surface area (Å²) in [6, 6.07) is 17.1. The predicted octanol–water partition coefficient (Wildman–Crippen LogP) is 7.14. The van der Waals surface area contributed by atoms with Crippen LogP contribution >= 0.6 is 0 Å². The molecule has 2 aromatic carbocycles. The summed E-state index contributed by atoms with van der Waals surface area (Å²) in [5.74, 6) is 0.980. The van der Waals surface area contributed by atoms with E-state index in [1.165, 1.54) is 27.8 Å². The van der Waals surface area contributed by atoms with Gasteiger partial charge in [-0.15, -0.1) is 0 Å². The smallest absolute Gasteiger partial charge is 0.418 e. The summed E-state index contributed by atoms with van der Waals surface area (Å²) in [5.41, 5.74) is 5.89. The second kappa shape index (κ2) is 9.08. The normalized spacial score (nSPS) is 11.1. The molecule has 0 atom stereocenters. The van der Waals surface area contributed by atoms with Crippen molar-refractivity contribution in [2.75, 3.05) is 18.0 Å². The maximum Gasteiger partial charge on any atom is 0.673 e. The molecule has 0 aliphatic carbocycles. The summed E-state index contributed by atoms with van der Waals surface area (Å²) in [6.07, 6.45) is 0. The minimum Gasteiger partial charge on any atom is -0.418 e. The maximum atomic E-state index is 9.75. The summed E-state index contributed by atoms with van der Waals surface area (Å²) in [4.78, 5) is 2.34. The Bertz CT molecular complexity index is 919. The SMILES string of the molecule is CCN(CC)c1ccc2c(-c3ccccc3)c(C)c(C)[o+]c2c1.F[B-](F)(F)F. The number of aryl methyl sites for hydroxylation is 1. The molecule has 1 aromatic heterocycles. The van der Waals surface area contributed by atoms with Gasteiger partial charge >= 0.3 is 18.6 Å². The molecule has 0 amide bonds. The first-order valence-corrected chi connectivity index (χ1v) is 9.20. The van der Waals surface area contributed by atoms with Crippen LogP contribution in [0.15, 0.2) is 52.9 Å². The van der Waals surface area contributed by atoms with E-state index in [2.05, 4.69) is 74.2 Å². The van der Waals surface area contributed by atoms with Crippen LogP contribution in [0.5, 0.6) is 0 Å². The lowest BCUT2D eigenvalue weighted by Gasteiger charge is -2.20. The molecule has 0 aliphatic rings. The number of halogens is 4. The fourth-order valence-electron chi connectivity index (χ4n) is 3.18. The van der Waals surface area contributed by atoms with Crippen LogP contribution in [-0.4, -0.2) is 20.3 Å². The van der Waals surface area contributed by atoms with E-state index in [-0.39, 0.29) is 0 Å². The largest absolute Gasteiger partial charge is 0.673 e. The number of hydrogen-bond donors (Lipinski definition) is 0. The molecule has 7 heteroatoms. The number of benzene rings is 2. The summed E-state index contributed by atoms with van der Waals surface area (Å²) in [6.45, 7) is 10.5. The Morgan fingerprint density at radius 1 is 0.893 bits per heavy atom. The lowest BCUT2D eigenvalue weighted by molar-refractivity contribution is 0.368. The molecule has 0 spiro atoms. The summed E-state index contributed by atoms with van der Waals surface area (Å²) >= 11 is 0. The molecule has 0 saturated carbocycles. The molecule has 0 aliphatic heterocycles. The average molecular weight is 393 g/mol. The first-order chi connectivity index (χ1) is 13.2. The fraction of sp³-hybridized carbons (Fsp3) is 0.286. The van der Waals surface area contributed by atoms with Gasteiger partial charge in [0, 0.05) is 24.3 Å². The molecule has 150 valence electrons. The number of nitrogens with zero attached hydrogens (tertiary/aromatic N) is 1. The second-order valence-electron chi connectivity index (χ2n) is 6.37. The Hall–Kier alpha value is -2.57. The van der Waals surface area contributed by atoms with E-state index in [0.717, 1.165) is 24.4 Å². The van der Waals surface area contributed by atoms with Crippen molar-refractivity contribution in [1.29, 1.82) is 0 Å². The van der Waals surface area contributed by atoms with E-state index in [1.54, 1.807) is 0 Å². The third kappa shape index (κ3) is 5.47. The molecule has 3 rings (SSSR count). The van der Waals surface area contributed by atoms with Crippen molar-refractivity contribution in [2.24, 2.45) is 0 Å². The Kier molecular flexibility index (Phi) is 7.05. The zero-order chi connectivity index (χ0) is 20.9. The van der Waals surface area contributed by atoms with E-state index in [0.29, 0.717) is 0 Å². The molecule has 0 bridgehead atoms. The standard InChI is InChI=1S/C21H24NO.BF4/c1-5-22(6-2)18-12-13-19-20(14-18)23-16(4)15(3)21(19)17-10-8-7-9-11-17;2-1(3,4)5/h7-14H,5-6H2,1-4H3;/q+1;-1. The van der Waals surface area contributed by atoms with E-state index < -0.39 is 7.25 Å². The number of hydrogen-bond acceptors (Lipinski definition) is 1. The topological polar surface area (TPSA) is 14.5 Å². The van der Waals surface area contributed by atoms with Gasteiger partial charge in [0.25, 0.3) is 0 Å². The quantitative estimate of drug-likeness (QED) is 0.266. The van der Waals surface area contributed by atoms with Crippen molar-refractivity contribution in [3.05, 3.63) is 59.9 Å². The maximum absolute atomic E-state index is 9.75. The molecule has 1 heterocycles. The Morgan fingerprint density at radius 3 is 2.00 bits per heavy atom. The Balaban J connectivity index is 0.000000500. The van der Waals surface area contributed by atoms with E-state index in [9.17, 15) is 17.3 Å². The number of anilines is 1. The van der Waals surface area contributed by atoms with E-state index in [1.807, 2.05) is 6.92 Å². The molecule has 0 fully saturated rings. The van der Waals surface area contributed by atoms with Gasteiger partial charge < -0.3 is 22.2 Å². The number of rotatable bonds is 4. The monoisotopic (exact) mass is 393 g/mol. The minimum atomic E-state index is -6.00. The summed E-state index contributed by atoms with van der Waals surface area (Å²) < 4.78 is 45.1. The Labute approximate surface area is 162 Å². The van der Waals surface area contributed by atoms with Gasteiger partial charge in [-0.1, -0.05) is 30.3 Å². The predicted molar refractivity (Wildman–Crippen MR) is 109 cm³/mol. The van der Waals surface area contributed by atoms with Crippen molar-refractivity contribution in [1.82, 2.24) is 0 Å². The van der Waals surface area contributed by atoms with Crippen LogP contribution in [0, 0.1) is 13.8 Å². The molecule has 2 nitrogen and oxygen atoms in total. The third-order valence-corrected chi connectivity index (χ3v) is 4.59. The van der Waals surface area contributed by atoms with Gasteiger partial charge in [0.1, 0.15) is 0 Å². The summed E-state index contributed by atoms with van der Waals surface area (Å²) in [5, 5.41) is 1.18. The van der Waals surface area contributed by atoms with Crippen LogP contribution in [0.3, 0.4) is 0 Å². The van der Waals surface area contributed by atoms with Gasteiger partial charge in [-0.2, -0.15) is 0 Å². The highest BCUT2D eigenvalue weighted by atomic mass is 19.5. The van der Waals surface area contributed by atoms with Crippen LogP contribution in [0.4, 0.5) is 23.0 Å². The van der Waals surface area contributed by atoms with Crippen LogP contribution in [-0.2, 0) is 0 Å². The first kappa shape index (κ1) is 21.7. The summed E-state index contributed by atoms with van der Waals surface area (Å²) in [7, 11) is -6.00. The van der Waals surface area contributed by atoms with Crippen LogP contribution < -0.4 is 4.90 Å². The van der Waals surface area contributed by atoms with Gasteiger partial charge in [-0.05, 0) is 38.5 Å². The molecule has 0 saturated heterocycles. The molecule has 0 unspecified atom stereocenters. The van der Waals surface area contributed by atoms with Gasteiger partial charge in [0.05, 0.1) is 23.9 Å². The second-order valence-corrected chi connectivity index (χ2v) is 6.37. The van der Waals surface area contributed by atoms with Crippen molar-refractivity contribution in [2.45, 2.75) is 27.7 Å². The van der Waals surface area contributed by atoms with Crippen molar-refractivity contribution < 1.29 is 21.7 Å². The van der Waals surface area contributed by atoms with E-state index in [4.69, 9.17) is 4.42 Å². The van der Waals surface area contributed by atoms with Gasteiger partial charge in [-0.25, -0.2) is 4.42 Å². The van der Waals surface area contributed by atoms with Crippen molar-refractivity contribution in [3.8, 4) is 11.1 Å². The van der Waals surface area contributed by atoms with Gasteiger partial charge in [0.2, 0.25) is 0 Å². The zero-order valence-corrected chi connectivity index (χ0v) is 16.5. The molecule has 0 radical (unpaired) electrons. The van der Waals surface area contributed by atoms with Crippen molar-refractivity contribution in [3.63, 3.8) is 0 Å². The first-order valence-electron chi connectivity index (χ1n) is 9.20. The fourth-order valence-corrected chi connectivity index (χ4v) is 3.18. The number of fused-ring (bicyclic) bond motifs is 1. The molecular weight excluding hydrogens is 369 g/mol. The highest BCUT2D eigenvalue weighted by molar-refractivity contribution is 6.50. The zero-order valence-electron chi connectivity index (χ0n) is 16.5. The highest BCUT2D eigenvalue weighted by Gasteiger charge is 2.21. The molecule has 0 N–H and O–H groups in total. The molecular formula is C21H24BF4NO. The minimum absolute atomic E-state index is 0.955. The Morgan fingerprint density at radius 2 is 1.46 bits per heavy atom. The van der Waals surface area contributed by atoms with Crippen LogP contribution in [0.2, 0.25) is 0 Å². The average Bonchev–Trinajstić information content (AvgIpc) is 2.63. The third-order valence-electron chi connectivity index (χ3n) is 4.59. The lowest BCUT2D eigenvalue weighted by Crippen LogP contribution is -2.21. The highest BCUT2D eigenvalue weighted by Crippen LogP contribution is 2.35. The van der Waals surface area contributed by atoms with Crippen molar-refractivity contribution >= 4 is 23.9 Å². The molecule has 3 aromatic rings. The van der Waals surface area contributed by atoms with Gasteiger partial charge in [-0.3, -0.25) is 0 Å². The lowest BCUT2D eigenvalue weighted by atomic mass is 9.96. The molecule has 28 heavy (non-hydrogen) atoms. The van der Waals surface area contributed by atoms with Crippen LogP contribution in [0.1, 0.15) is 25.2 Å².